The van der Waals surface area contributed by atoms with Crippen molar-refractivity contribution in [3.63, 3.8) is 0 Å². The summed E-state index contributed by atoms with van der Waals surface area (Å²) in [6, 6.07) is 28.9. The second kappa shape index (κ2) is 8.89. The number of nitrogens with zero attached hydrogens (tertiary/aromatic N) is 1. The van der Waals surface area contributed by atoms with Crippen LogP contribution in [0.2, 0.25) is 0 Å². The van der Waals surface area contributed by atoms with Crippen LogP contribution in [0.5, 0.6) is 0 Å². The van der Waals surface area contributed by atoms with Gasteiger partial charge in [-0.3, -0.25) is 4.79 Å². The van der Waals surface area contributed by atoms with E-state index in [0.29, 0.717) is 0 Å². The molecule has 3 aromatic carbocycles. The van der Waals surface area contributed by atoms with E-state index in [-0.39, 0.29) is 12.3 Å². The standard InChI is InChI=1S/C26H24N2O2/c1-18(29)26(20-12-6-3-7-13-20)28-25(30)17-21-16-24(19-10-4-2-5-11-19)27-23-15-9-8-14-22(21)23/h2-16,18,26,29H,17H2,1H3,(H,28,30)/t18-,26-/m0/s1. The summed E-state index contributed by atoms with van der Waals surface area (Å²) in [5.74, 6) is -0.139. The molecule has 0 bridgehead atoms. The number of pyridine rings is 1. The molecule has 1 aromatic heterocycles. The maximum atomic E-state index is 12.9. The van der Waals surface area contributed by atoms with Crippen molar-refractivity contribution in [1.29, 1.82) is 0 Å². The first-order valence-electron chi connectivity index (χ1n) is 10.1. The van der Waals surface area contributed by atoms with Crippen molar-refractivity contribution < 1.29 is 9.90 Å². The second-order valence-electron chi connectivity index (χ2n) is 7.42. The predicted molar refractivity (Wildman–Crippen MR) is 120 cm³/mol. The number of fused-ring (bicyclic) bond motifs is 1. The average Bonchev–Trinajstić information content (AvgIpc) is 2.78. The molecule has 0 aliphatic carbocycles. The van der Waals surface area contributed by atoms with E-state index in [1.807, 2.05) is 91.0 Å². The van der Waals surface area contributed by atoms with Gasteiger partial charge in [0.25, 0.3) is 0 Å². The summed E-state index contributed by atoms with van der Waals surface area (Å²) < 4.78 is 0. The number of hydrogen-bond acceptors (Lipinski definition) is 3. The maximum Gasteiger partial charge on any atom is 0.225 e. The van der Waals surface area contributed by atoms with E-state index in [1.54, 1.807) is 6.92 Å². The van der Waals surface area contributed by atoms with Crippen LogP contribution >= 0.6 is 0 Å². The molecule has 0 unspecified atom stereocenters. The number of para-hydroxylation sites is 1. The lowest BCUT2D eigenvalue weighted by Crippen LogP contribution is -2.35. The number of nitrogens with one attached hydrogen (secondary N) is 1. The van der Waals surface area contributed by atoms with E-state index in [9.17, 15) is 9.90 Å². The van der Waals surface area contributed by atoms with Crippen LogP contribution in [-0.2, 0) is 11.2 Å². The Morgan fingerprint density at radius 3 is 2.27 bits per heavy atom. The third kappa shape index (κ3) is 4.39. The molecule has 0 aliphatic heterocycles. The van der Waals surface area contributed by atoms with Crippen LogP contribution in [0.25, 0.3) is 22.2 Å². The van der Waals surface area contributed by atoms with Crippen LogP contribution in [0.15, 0.2) is 91.0 Å². The topological polar surface area (TPSA) is 62.2 Å². The second-order valence-corrected chi connectivity index (χ2v) is 7.42. The van der Waals surface area contributed by atoms with Crippen molar-refractivity contribution in [1.82, 2.24) is 10.3 Å². The molecule has 4 nitrogen and oxygen atoms in total. The smallest absolute Gasteiger partial charge is 0.225 e. The van der Waals surface area contributed by atoms with Gasteiger partial charge in [-0.25, -0.2) is 4.98 Å². The van der Waals surface area contributed by atoms with Crippen molar-refractivity contribution >= 4 is 16.8 Å². The van der Waals surface area contributed by atoms with Crippen molar-refractivity contribution in [2.24, 2.45) is 0 Å². The zero-order chi connectivity index (χ0) is 20.9. The highest BCUT2D eigenvalue weighted by atomic mass is 16.3. The Bertz CT molecular complexity index is 1140. The minimum Gasteiger partial charge on any atom is -0.391 e. The highest BCUT2D eigenvalue weighted by molar-refractivity contribution is 5.90. The molecule has 2 N–H and O–H groups in total. The van der Waals surface area contributed by atoms with Crippen LogP contribution < -0.4 is 5.32 Å². The maximum absolute atomic E-state index is 12.9. The fourth-order valence-corrected chi connectivity index (χ4v) is 3.69. The summed E-state index contributed by atoms with van der Waals surface area (Å²) in [7, 11) is 0. The molecule has 0 fully saturated rings. The first kappa shape index (κ1) is 19.8. The van der Waals surface area contributed by atoms with Crippen molar-refractivity contribution in [3.8, 4) is 11.3 Å². The molecular formula is C26H24N2O2. The molecule has 150 valence electrons. The molecule has 0 aliphatic rings. The molecular weight excluding hydrogens is 372 g/mol. The molecule has 1 amide bonds. The summed E-state index contributed by atoms with van der Waals surface area (Å²) in [6.45, 7) is 1.69. The quantitative estimate of drug-likeness (QED) is 0.497. The number of carbonyl (C=O) groups excluding carboxylic acids is 1. The summed E-state index contributed by atoms with van der Waals surface area (Å²) in [5, 5.41) is 14.2. The first-order chi connectivity index (χ1) is 14.6. The summed E-state index contributed by atoms with van der Waals surface area (Å²) >= 11 is 0. The molecule has 1 heterocycles. The van der Waals surface area contributed by atoms with Gasteiger partial charge in [-0.2, -0.15) is 0 Å². The van der Waals surface area contributed by atoms with Gasteiger partial charge < -0.3 is 10.4 Å². The monoisotopic (exact) mass is 396 g/mol. The Labute approximate surface area is 176 Å². The molecule has 30 heavy (non-hydrogen) atoms. The Morgan fingerprint density at radius 1 is 0.933 bits per heavy atom. The van der Waals surface area contributed by atoms with Gasteiger partial charge in [0.15, 0.2) is 0 Å². The van der Waals surface area contributed by atoms with E-state index >= 15 is 0 Å². The highest BCUT2D eigenvalue weighted by Gasteiger charge is 2.20. The fourth-order valence-electron chi connectivity index (χ4n) is 3.69. The number of amides is 1. The largest absolute Gasteiger partial charge is 0.391 e. The first-order valence-corrected chi connectivity index (χ1v) is 10.1. The van der Waals surface area contributed by atoms with Crippen LogP contribution in [0.4, 0.5) is 0 Å². The van der Waals surface area contributed by atoms with Gasteiger partial charge in [0.2, 0.25) is 5.91 Å². The molecule has 4 heteroatoms. The lowest BCUT2D eigenvalue weighted by molar-refractivity contribution is -0.122. The number of carbonyl (C=O) groups is 1. The summed E-state index contributed by atoms with van der Waals surface area (Å²) in [4.78, 5) is 17.7. The lowest BCUT2D eigenvalue weighted by Gasteiger charge is -2.22. The van der Waals surface area contributed by atoms with Crippen LogP contribution in [0.1, 0.15) is 24.1 Å². The van der Waals surface area contributed by atoms with Crippen LogP contribution in [0, 0.1) is 0 Å². The number of aromatic nitrogens is 1. The number of aliphatic hydroxyl groups is 1. The van der Waals surface area contributed by atoms with Crippen LogP contribution in [-0.4, -0.2) is 22.1 Å². The molecule has 4 rings (SSSR count). The molecule has 0 spiro atoms. The number of rotatable bonds is 6. The predicted octanol–water partition coefficient (Wildman–Crippen LogP) is 4.68. The van der Waals surface area contributed by atoms with Gasteiger partial charge in [0.1, 0.15) is 0 Å². The van der Waals surface area contributed by atoms with Crippen molar-refractivity contribution in [2.45, 2.75) is 25.5 Å². The van der Waals surface area contributed by atoms with Gasteiger partial charge in [0, 0.05) is 10.9 Å². The number of benzene rings is 3. The van der Waals surface area contributed by atoms with E-state index in [4.69, 9.17) is 4.98 Å². The normalized spacial score (nSPS) is 13.0. The molecule has 0 saturated heterocycles. The average molecular weight is 396 g/mol. The Morgan fingerprint density at radius 2 is 1.57 bits per heavy atom. The summed E-state index contributed by atoms with van der Waals surface area (Å²) in [5.41, 5.74) is 4.50. The van der Waals surface area contributed by atoms with Gasteiger partial charge >= 0.3 is 0 Å². The zero-order valence-electron chi connectivity index (χ0n) is 16.8. The number of hydrogen-bond donors (Lipinski definition) is 2. The lowest BCUT2D eigenvalue weighted by atomic mass is 10.00. The molecule has 4 aromatic rings. The third-order valence-electron chi connectivity index (χ3n) is 5.18. The minimum atomic E-state index is -0.703. The van der Waals surface area contributed by atoms with E-state index < -0.39 is 12.1 Å². The number of aliphatic hydroxyl groups excluding tert-OH is 1. The Hall–Kier alpha value is -3.50. The van der Waals surface area contributed by atoms with E-state index in [0.717, 1.165) is 33.3 Å². The molecule has 2 atom stereocenters. The third-order valence-corrected chi connectivity index (χ3v) is 5.18. The van der Waals surface area contributed by atoms with E-state index in [1.165, 1.54) is 0 Å². The van der Waals surface area contributed by atoms with Crippen LogP contribution in [0.3, 0.4) is 0 Å². The van der Waals surface area contributed by atoms with Gasteiger partial charge in [-0.05, 0) is 30.2 Å². The Kier molecular flexibility index (Phi) is 5.87. The Balaban J connectivity index is 1.65. The zero-order valence-corrected chi connectivity index (χ0v) is 16.8. The van der Waals surface area contributed by atoms with Gasteiger partial charge in [-0.1, -0.05) is 78.9 Å². The fraction of sp³-hybridized carbons (Fsp3) is 0.154. The SMILES string of the molecule is C[C@H](O)[C@H](NC(=O)Cc1cc(-c2ccccc2)nc2ccccc12)c1ccccc1. The highest BCUT2D eigenvalue weighted by Crippen LogP contribution is 2.25. The van der Waals surface area contributed by atoms with Crippen molar-refractivity contribution in [3.05, 3.63) is 102 Å². The molecule has 0 saturated carbocycles. The summed E-state index contributed by atoms with van der Waals surface area (Å²) in [6.07, 6.45) is -0.496. The van der Waals surface area contributed by atoms with E-state index in [2.05, 4.69) is 5.32 Å². The van der Waals surface area contributed by atoms with Crippen molar-refractivity contribution in [2.75, 3.05) is 0 Å². The minimum absolute atomic E-state index is 0.139. The molecule has 0 radical (unpaired) electrons. The van der Waals surface area contributed by atoms with Gasteiger partial charge in [0.05, 0.1) is 29.8 Å². The van der Waals surface area contributed by atoms with Gasteiger partial charge in [-0.15, -0.1) is 0 Å².